The third-order valence-electron chi connectivity index (χ3n) is 4.98. The van der Waals surface area contributed by atoms with Gasteiger partial charge in [0, 0.05) is 26.2 Å². The number of hydrogen-bond donors (Lipinski definition) is 0. The number of methoxy groups -OCH3 is 1. The fourth-order valence-corrected chi connectivity index (χ4v) is 5.69. The first-order valence-electron chi connectivity index (χ1n) is 9.14. The van der Waals surface area contributed by atoms with E-state index in [1.54, 1.807) is 29.6 Å². The van der Waals surface area contributed by atoms with E-state index >= 15 is 0 Å². The molecule has 28 heavy (non-hydrogen) atoms. The SMILES string of the molecule is COc1ccc(CN2CCCN(S(=O)(=O)c3cccc4nsnc34)CC2)cc1. The first kappa shape index (κ1) is 19.3. The molecule has 3 aromatic rings. The van der Waals surface area contributed by atoms with Crippen LogP contribution in [0.3, 0.4) is 0 Å². The van der Waals surface area contributed by atoms with Crippen LogP contribution in [0.4, 0.5) is 0 Å². The van der Waals surface area contributed by atoms with E-state index in [0.717, 1.165) is 37.0 Å². The molecule has 1 aromatic heterocycles. The minimum absolute atomic E-state index is 0.252. The molecular weight excluding hydrogens is 396 g/mol. The summed E-state index contributed by atoms with van der Waals surface area (Å²) in [5.74, 6) is 0.836. The van der Waals surface area contributed by atoms with Gasteiger partial charge in [0.25, 0.3) is 0 Å². The van der Waals surface area contributed by atoms with Crippen LogP contribution >= 0.6 is 11.7 Å². The topological polar surface area (TPSA) is 75.6 Å². The highest BCUT2D eigenvalue weighted by Gasteiger charge is 2.29. The Balaban J connectivity index is 1.48. The van der Waals surface area contributed by atoms with Gasteiger partial charge >= 0.3 is 0 Å². The Hall–Kier alpha value is -2.07. The van der Waals surface area contributed by atoms with Crippen molar-refractivity contribution < 1.29 is 13.2 Å². The number of ether oxygens (including phenoxy) is 1. The molecule has 1 fully saturated rings. The zero-order valence-electron chi connectivity index (χ0n) is 15.6. The summed E-state index contributed by atoms with van der Waals surface area (Å²) in [4.78, 5) is 2.55. The molecular formula is C19H22N4O3S2. The van der Waals surface area contributed by atoms with Crippen molar-refractivity contribution in [2.24, 2.45) is 0 Å². The maximum absolute atomic E-state index is 13.2. The molecule has 0 unspecified atom stereocenters. The Bertz CT molecular complexity index is 1050. The number of fused-ring (bicyclic) bond motifs is 1. The van der Waals surface area contributed by atoms with Crippen molar-refractivity contribution in [1.82, 2.24) is 18.0 Å². The van der Waals surface area contributed by atoms with Crippen molar-refractivity contribution in [3.05, 3.63) is 48.0 Å². The van der Waals surface area contributed by atoms with Gasteiger partial charge in [-0.25, -0.2) is 8.42 Å². The average Bonchev–Trinajstić information content (AvgIpc) is 3.07. The number of hydrogen-bond acceptors (Lipinski definition) is 7. The maximum atomic E-state index is 13.2. The van der Waals surface area contributed by atoms with Gasteiger partial charge in [0.15, 0.2) is 0 Å². The van der Waals surface area contributed by atoms with E-state index in [4.69, 9.17) is 4.74 Å². The Labute approximate surface area is 168 Å². The number of aromatic nitrogens is 2. The van der Waals surface area contributed by atoms with Gasteiger partial charge in [-0.15, -0.1) is 0 Å². The number of sulfonamides is 1. The Morgan fingerprint density at radius 3 is 2.64 bits per heavy atom. The van der Waals surface area contributed by atoms with Gasteiger partial charge in [-0.05, 0) is 42.8 Å². The van der Waals surface area contributed by atoms with E-state index in [-0.39, 0.29) is 4.90 Å². The van der Waals surface area contributed by atoms with Gasteiger partial charge in [-0.2, -0.15) is 13.1 Å². The smallest absolute Gasteiger partial charge is 0.245 e. The van der Waals surface area contributed by atoms with Crippen molar-refractivity contribution in [3.8, 4) is 5.75 Å². The van der Waals surface area contributed by atoms with E-state index in [2.05, 4.69) is 13.6 Å². The van der Waals surface area contributed by atoms with Crippen LogP contribution in [0.1, 0.15) is 12.0 Å². The second-order valence-corrected chi connectivity index (χ2v) is 9.20. The molecule has 7 nitrogen and oxygen atoms in total. The van der Waals surface area contributed by atoms with E-state index in [1.165, 1.54) is 5.56 Å². The minimum Gasteiger partial charge on any atom is -0.497 e. The van der Waals surface area contributed by atoms with Crippen molar-refractivity contribution in [2.75, 3.05) is 33.3 Å². The van der Waals surface area contributed by atoms with Crippen LogP contribution in [-0.2, 0) is 16.6 Å². The molecule has 0 spiro atoms. The quantitative estimate of drug-likeness (QED) is 0.634. The highest BCUT2D eigenvalue weighted by Crippen LogP contribution is 2.25. The molecule has 1 saturated heterocycles. The van der Waals surface area contributed by atoms with Gasteiger partial charge in [-0.3, -0.25) is 4.90 Å². The lowest BCUT2D eigenvalue weighted by Gasteiger charge is -2.22. The summed E-state index contributed by atoms with van der Waals surface area (Å²) in [5, 5.41) is 0. The van der Waals surface area contributed by atoms with Gasteiger partial charge < -0.3 is 4.74 Å². The van der Waals surface area contributed by atoms with Crippen molar-refractivity contribution in [3.63, 3.8) is 0 Å². The molecule has 0 amide bonds. The number of benzene rings is 2. The molecule has 148 valence electrons. The van der Waals surface area contributed by atoms with Crippen LogP contribution in [0.25, 0.3) is 11.0 Å². The standard InChI is InChI=1S/C19H22N4O3S2/c1-26-16-8-6-15(7-9-16)14-22-10-3-11-23(13-12-22)28(24,25)18-5-2-4-17-19(18)21-27-20-17/h2,4-9H,3,10-14H2,1H3. The molecule has 1 aliphatic heterocycles. The predicted molar refractivity (Wildman–Crippen MR) is 109 cm³/mol. The van der Waals surface area contributed by atoms with Crippen LogP contribution in [0, 0.1) is 0 Å². The van der Waals surface area contributed by atoms with Crippen LogP contribution < -0.4 is 4.74 Å². The van der Waals surface area contributed by atoms with E-state index in [9.17, 15) is 8.42 Å². The second kappa shape index (κ2) is 8.12. The molecule has 0 atom stereocenters. The molecule has 2 heterocycles. The predicted octanol–water partition coefficient (Wildman–Crippen LogP) is 2.60. The molecule has 0 N–H and O–H groups in total. The van der Waals surface area contributed by atoms with E-state index < -0.39 is 10.0 Å². The zero-order valence-corrected chi connectivity index (χ0v) is 17.2. The highest BCUT2D eigenvalue weighted by molar-refractivity contribution is 7.89. The lowest BCUT2D eigenvalue weighted by molar-refractivity contribution is 0.278. The third-order valence-corrected chi connectivity index (χ3v) is 7.45. The van der Waals surface area contributed by atoms with Gasteiger partial charge in [0.1, 0.15) is 21.7 Å². The molecule has 1 aliphatic rings. The first-order chi connectivity index (χ1) is 13.6. The van der Waals surface area contributed by atoms with E-state index in [1.807, 2.05) is 24.3 Å². The molecule has 0 aliphatic carbocycles. The Morgan fingerprint density at radius 2 is 1.86 bits per heavy atom. The molecule has 0 bridgehead atoms. The monoisotopic (exact) mass is 418 g/mol. The van der Waals surface area contributed by atoms with Crippen LogP contribution in [0.15, 0.2) is 47.4 Å². The summed E-state index contributed by atoms with van der Waals surface area (Å²) in [6.45, 7) is 3.32. The summed E-state index contributed by atoms with van der Waals surface area (Å²) in [6, 6.07) is 13.1. The fraction of sp³-hybridized carbons (Fsp3) is 0.368. The summed E-state index contributed by atoms with van der Waals surface area (Å²) < 4.78 is 41.6. The van der Waals surface area contributed by atoms with Crippen LogP contribution in [0.2, 0.25) is 0 Å². The van der Waals surface area contributed by atoms with Gasteiger partial charge in [-0.1, -0.05) is 18.2 Å². The number of nitrogens with zero attached hydrogens (tertiary/aromatic N) is 4. The molecule has 4 rings (SSSR count). The third kappa shape index (κ3) is 3.88. The lowest BCUT2D eigenvalue weighted by atomic mass is 10.2. The van der Waals surface area contributed by atoms with E-state index in [0.29, 0.717) is 30.7 Å². The van der Waals surface area contributed by atoms with Gasteiger partial charge in [0.2, 0.25) is 10.0 Å². The van der Waals surface area contributed by atoms with Crippen LogP contribution in [0.5, 0.6) is 5.75 Å². The summed E-state index contributed by atoms with van der Waals surface area (Å²) in [5.41, 5.74) is 2.28. The number of rotatable bonds is 5. The molecule has 2 aromatic carbocycles. The molecule has 9 heteroatoms. The minimum atomic E-state index is -3.59. The second-order valence-electron chi connectivity index (χ2n) is 6.77. The summed E-state index contributed by atoms with van der Waals surface area (Å²) in [6.07, 6.45) is 0.792. The largest absolute Gasteiger partial charge is 0.497 e. The summed E-state index contributed by atoms with van der Waals surface area (Å²) >= 11 is 1.04. The normalized spacial score (nSPS) is 16.9. The summed E-state index contributed by atoms with van der Waals surface area (Å²) in [7, 11) is -1.94. The van der Waals surface area contributed by atoms with Crippen molar-refractivity contribution >= 4 is 32.8 Å². The average molecular weight is 419 g/mol. The maximum Gasteiger partial charge on any atom is 0.245 e. The van der Waals surface area contributed by atoms with Crippen molar-refractivity contribution in [1.29, 1.82) is 0 Å². The Morgan fingerprint density at radius 1 is 1.04 bits per heavy atom. The fourth-order valence-electron chi connectivity index (χ4n) is 3.46. The Kier molecular flexibility index (Phi) is 5.58. The molecule has 0 radical (unpaired) electrons. The first-order valence-corrected chi connectivity index (χ1v) is 11.3. The molecule has 0 saturated carbocycles. The van der Waals surface area contributed by atoms with Crippen LogP contribution in [-0.4, -0.2) is 59.7 Å². The zero-order chi connectivity index (χ0) is 19.6. The van der Waals surface area contributed by atoms with Crippen molar-refractivity contribution in [2.45, 2.75) is 17.9 Å². The lowest BCUT2D eigenvalue weighted by Crippen LogP contribution is -2.35. The highest BCUT2D eigenvalue weighted by atomic mass is 32.2. The van der Waals surface area contributed by atoms with Gasteiger partial charge in [0.05, 0.1) is 18.8 Å².